The SMILES string of the molecule is CCNC(=NCCC(=O)N1CCCCC1C)N1CC2OCCN(Cc3ccccc3)C2C1. The second-order valence-corrected chi connectivity index (χ2v) is 9.26. The first-order valence-electron chi connectivity index (χ1n) is 12.4. The molecule has 32 heavy (non-hydrogen) atoms. The normalized spacial score (nSPS) is 26.8. The van der Waals surface area contributed by atoms with Gasteiger partial charge in [0.05, 0.1) is 25.3 Å². The van der Waals surface area contributed by atoms with Crippen molar-refractivity contribution in [1.82, 2.24) is 20.0 Å². The fourth-order valence-electron chi connectivity index (χ4n) is 5.24. The van der Waals surface area contributed by atoms with E-state index >= 15 is 0 Å². The lowest BCUT2D eigenvalue weighted by Gasteiger charge is -2.36. The van der Waals surface area contributed by atoms with Crippen LogP contribution in [0.2, 0.25) is 0 Å². The molecule has 176 valence electrons. The summed E-state index contributed by atoms with van der Waals surface area (Å²) in [6.07, 6.45) is 4.16. The topological polar surface area (TPSA) is 60.4 Å². The lowest BCUT2D eigenvalue weighted by atomic mass is 10.0. The number of piperidine rings is 1. The predicted octanol–water partition coefficient (Wildman–Crippen LogP) is 2.33. The van der Waals surface area contributed by atoms with Gasteiger partial charge in [-0.15, -0.1) is 0 Å². The first-order valence-corrected chi connectivity index (χ1v) is 12.4. The summed E-state index contributed by atoms with van der Waals surface area (Å²) in [4.78, 5) is 24.4. The summed E-state index contributed by atoms with van der Waals surface area (Å²) in [5.74, 6) is 1.15. The zero-order valence-electron chi connectivity index (χ0n) is 19.7. The van der Waals surface area contributed by atoms with Crippen LogP contribution < -0.4 is 5.32 Å². The van der Waals surface area contributed by atoms with Gasteiger partial charge in [0.25, 0.3) is 0 Å². The van der Waals surface area contributed by atoms with Crippen LogP contribution in [0, 0.1) is 0 Å². The van der Waals surface area contributed by atoms with Crippen molar-refractivity contribution in [2.45, 2.75) is 64.3 Å². The fraction of sp³-hybridized carbons (Fsp3) is 0.680. The van der Waals surface area contributed by atoms with Crippen molar-refractivity contribution in [1.29, 1.82) is 0 Å². The van der Waals surface area contributed by atoms with Gasteiger partial charge < -0.3 is 19.9 Å². The fourth-order valence-corrected chi connectivity index (χ4v) is 5.24. The molecule has 7 heteroatoms. The number of ether oxygens (including phenoxy) is 1. The number of nitrogens with one attached hydrogen (secondary N) is 1. The Labute approximate surface area is 192 Å². The summed E-state index contributed by atoms with van der Waals surface area (Å²) in [7, 11) is 0. The van der Waals surface area contributed by atoms with Gasteiger partial charge in [-0.05, 0) is 38.7 Å². The van der Waals surface area contributed by atoms with Crippen molar-refractivity contribution in [3.8, 4) is 0 Å². The van der Waals surface area contributed by atoms with Crippen molar-refractivity contribution in [2.75, 3.05) is 45.9 Å². The molecule has 0 bridgehead atoms. The maximum absolute atomic E-state index is 12.7. The van der Waals surface area contributed by atoms with E-state index in [9.17, 15) is 4.79 Å². The Morgan fingerprint density at radius 3 is 2.81 bits per heavy atom. The molecule has 3 fully saturated rings. The van der Waals surface area contributed by atoms with Gasteiger partial charge in [0.2, 0.25) is 5.91 Å². The number of rotatable bonds is 6. The molecule has 1 aromatic carbocycles. The Balaban J connectivity index is 1.35. The van der Waals surface area contributed by atoms with Crippen LogP contribution in [0.3, 0.4) is 0 Å². The van der Waals surface area contributed by atoms with Gasteiger partial charge in [-0.2, -0.15) is 0 Å². The number of carbonyl (C=O) groups excluding carboxylic acids is 1. The molecule has 0 aromatic heterocycles. The molecule has 3 atom stereocenters. The number of benzene rings is 1. The molecule has 0 aliphatic carbocycles. The van der Waals surface area contributed by atoms with E-state index in [-0.39, 0.29) is 12.0 Å². The van der Waals surface area contributed by atoms with Crippen LogP contribution in [0.1, 0.15) is 45.1 Å². The van der Waals surface area contributed by atoms with Crippen LogP contribution in [-0.2, 0) is 16.1 Å². The predicted molar refractivity (Wildman–Crippen MR) is 128 cm³/mol. The summed E-state index contributed by atoms with van der Waals surface area (Å²) in [5, 5.41) is 3.44. The molecule has 0 spiro atoms. The van der Waals surface area contributed by atoms with Crippen molar-refractivity contribution in [2.24, 2.45) is 4.99 Å². The minimum Gasteiger partial charge on any atom is -0.373 e. The Kier molecular flexibility index (Phi) is 8.03. The second-order valence-electron chi connectivity index (χ2n) is 9.26. The van der Waals surface area contributed by atoms with E-state index in [2.05, 4.69) is 59.3 Å². The number of likely N-dealkylation sites (tertiary alicyclic amines) is 2. The number of carbonyl (C=O) groups is 1. The first-order chi connectivity index (χ1) is 15.7. The lowest BCUT2D eigenvalue weighted by molar-refractivity contribution is -0.134. The molecule has 4 rings (SSSR count). The van der Waals surface area contributed by atoms with E-state index < -0.39 is 0 Å². The number of amides is 1. The van der Waals surface area contributed by atoms with Gasteiger partial charge >= 0.3 is 0 Å². The van der Waals surface area contributed by atoms with Crippen LogP contribution in [0.25, 0.3) is 0 Å². The molecule has 3 aliphatic rings. The van der Waals surface area contributed by atoms with E-state index in [0.717, 1.165) is 64.7 Å². The highest BCUT2D eigenvalue weighted by molar-refractivity contribution is 5.81. The van der Waals surface area contributed by atoms with Gasteiger partial charge in [0.15, 0.2) is 5.96 Å². The van der Waals surface area contributed by atoms with Gasteiger partial charge in [-0.3, -0.25) is 14.7 Å². The number of hydrogen-bond donors (Lipinski definition) is 1. The van der Waals surface area contributed by atoms with Gasteiger partial charge in [-0.25, -0.2) is 0 Å². The number of fused-ring (bicyclic) bond motifs is 1. The number of guanidine groups is 1. The van der Waals surface area contributed by atoms with Crippen molar-refractivity contribution < 1.29 is 9.53 Å². The molecular formula is C25H39N5O2. The number of nitrogens with zero attached hydrogens (tertiary/aromatic N) is 4. The first kappa shape index (κ1) is 23.1. The highest BCUT2D eigenvalue weighted by Gasteiger charge is 2.41. The molecule has 1 N–H and O–H groups in total. The molecule has 7 nitrogen and oxygen atoms in total. The standard InChI is InChI=1S/C25H39N5O2/c1-3-26-25(27-13-12-24(31)30-14-8-7-9-20(30)2)29-18-22-23(19-29)32-16-15-28(22)17-21-10-5-4-6-11-21/h4-6,10-11,20,22-23H,3,7-9,12-19H2,1-2H3,(H,26,27). The van der Waals surface area contributed by atoms with Crippen molar-refractivity contribution in [3.05, 3.63) is 35.9 Å². The van der Waals surface area contributed by atoms with Crippen LogP contribution in [0.5, 0.6) is 0 Å². The highest BCUT2D eigenvalue weighted by Crippen LogP contribution is 2.25. The van der Waals surface area contributed by atoms with Crippen LogP contribution in [-0.4, -0.2) is 90.6 Å². The number of aliphatic imine (C=N–C) groups is 1. The number of hydrogen-bond acceptors (Lipinski definition) is 4. The van der Waals surface area contributed by atoms with Crippen LogP contribution in [0.4, 0.5) is 0 Å². The maximum atomic E-state index is 12.7. The number of morpholine rings is 1. The summed E-state index contributed by atoms with van der Waals surface area (Å²) < 4.78 is 6.14. The molecular weight excluding hydrogens is 402 g/mol. The third-order valence-corrected chi connectivity index (χ3v) is 6.99. The van der Waals surface area contributed by atoms with Gasteiger partial charge in [0, 0.05) is 51.7 Å². The molecule has 3 heterocycles. The zero-order valence-corrected chi connectivity index (χ0v) is 19.7. The molecule has 1 aromatic rings. The minimum absolute atomic E-state index is 0.201. The average Bonchev–Trinajstić information content (AvgIpc) is 3.25. The van der Waals surface area contributed by atoms with E-state index in [4.69, 9.17) is 9.73 Å². The molecule has 0 radical (unpaired) electrons. The average molecular weight is 442 g/mol. The highest BCUT2D eigenvalue weighted by atomic mass is 16.5. The second kappa shape index (κ2) is 11.1. The Morgan fingerprint density at radius 1 is 1.19 bits per heavy atom. The summed E-state index contributed by atoms with van der Waals surface area (Å²) in [5.41, 5.74) is 1.35. The third-order valence-electron chi connectivity index (χ3n) is 6.99. The Bertz CT molecular complexity index is 771. The van der Waals surface area contributed by atoms with E-state index in [1.54, 1.807) is 0 Å². The minimum atomic E-state index is 0.201. The summed E-state index contributed by atoms with van der Waals surface area (Å²) >= 11 is 0. The van der Waals surface area contributed by atoms with Crippen molar-refractivity contribution in [3.63, 3.8) is 0 Å². The van der Waals surface area contributed by atoms with Gasteiger partial charge in [0.1, 0.15) is 0 Å². The molecule has 0 saturated carbocycles. The van der Waals surface area contributed by atoms with Crippen molar-refractivity contribution >= 4 is 11.9 Å². The molecule has 3 saturated heterocycles. The lowest BCUT2D eigenvalue weighted by Crippen LogP contribution is -2.50. The maximum Gasteiger partial charge on any atom is 0.224 e. The largest absolute Gasteiger partial charge is 0.373 e. The van der Waals surface area contributed by atoms with E-state index in [1.165, 1.54) is 12.0 Å². The van der Waals surface area contributed by atoms with Crippen LogP contribution >= 0.6 is 0 Å². The van der Waals surface area contributed by atoms with Gasteiger partial charge in [-0.1, -0.05) is 30.3 Å². The summed E-state index contributed by atoms with van der Waals surface area (Å²) in [6.45, 7) is 10.9. The smallest absolute Gasteiger partial charge is 0.224 e. The van der Waals surface area contributed by atoms with E-state index in [0.29, 0.717) is 25.0 Å². The zero-order chi connectivity index (χ0) is 22.3. The monoisotopic (exact) mass is 441 g/mol. The third kappa shape index (κ3) is 5.62. The molecule has 3 unspecified atom stereocenters. The quantitative estimate of drug-likeness (QED) is 0.542. The Hall–Kier alpha value is -2.12. The molecule has 1 amide bonds. The summed E-state index contributed by atoms with van der Waals surface area (Å²) in [6, 6.07) is 11.4. The van der Waals surface area contributed by atoms with E-state index in [1.807, 2.05) is 4.90 Å². The van der Waals surface area contributed by atoms with Crippen LogP contribution in [0.15, 0.2) is 35.3 Å². The molecule has 3 aliphatic heterocycles. The Morgan fingerprint density at radius 2 is 2.03 bits per heavy atom.